The molecule has 5 heteroatoms. The van der Waals surface area contributed by atoms with Crippen molar-refractivity contribution in [2.75, 3.05) is 5.32 Å². The maximum Gasteiger partial charge on any atom is 0.337 e. The van der Waals surface area contributed by atoms with Crippen molar-refractivity contribution in [3.8, 4) is 0 Å². The highest BCUT2D eigenvalue weighted by molar-refractivity contribution is 9.10. The fraction of sp³-hybridized carbons (Fsp3) is 0.0667. The van der Waals surface area contributed by atoms with Crippen molar-refractivity contribution in [3.63, 3.8) is 0 Å². The van der Waals surface area contributed by atoms with Crippen LogP contribution in [0.25, 0.3) is 0 Å². The molecule has 0 fully saturated rings. The van der Waals surface area contributed by atoms with Crippen LogP contribution in [-0.4, -0.2) is 17.0 Å². The van der Waals surface area contributed by atoms with Gasteiger partial charge in [-0.3, -0.25) is 4.79 Å². The van der Waals surface area contributed by atoms with Gasteiger partial charge in [0.2, 0.25) is 0 Å². The monoisotopic (exact) mass is 333 g/mol. The number of anilines is 1. The summed E-state index contributed by atoms with van der Waals surface area (Å²) < 4.78 is 0.642. The van der Waals surface area contributed by atoms with E-state index in [0.717, 1.165) is 5.56 Å². The van der Waals surface area contributed by atoms with E-state index in [1.54, 1.807) is 30.3 Å². The number of nitrogens with one attached hydrogen (secondary N) is 1. The van der Waals surface area contributed by atoms with Crippen molar-refractivity contribution in [2.24, 2.45) is 0 Å². The molecule has 2 aromatic carbocycles. The molecule has 0 saturated carbocycles. The van der Waals surface area contributed by atoms with Crippen LogP contribution in [0.4, 0.5) is 5.69 Å². The van der Waals surface area contributed by atoms with E-state index in [-0.39, 0.29) is 17.2 Å². The summed E-state index contributed by atoms with van der Waals surface area (Å²) in [4.78, 5) is 23.3. The van der Waals surface area contributed by atoms with E-state index < -0.39 is 5.97 Å². The zero-order valence-electron chi connectivity index (χ0n) is 10.7. The SMILES string of the molecule is Cc1cccc(C(=O)Nc2ccc(Br)cc2C(=O)O)c1. The molecule has 0 bridgehead atoms. The number of amides is 1. The van der Waals surface area contributed by atoms with Crippen LogP contribution in [0.15, 0.2) is 46.9 Å². The Bertz CT molecular complexity index is 683. The van der Waals surface area contributed by atoms with Crippen LogP contribution in [0.2, 0.25) is 0 Å². The Morgan fingerprint density at radius 2 is 1.90 bits per heavy atom. The van der Waals surface area contributed by atoms with Crippen LogP contribution in [-0.2, 0) is 0 Å². The molecule has 0 atom stereocenters. The zero-order valence-corrected chi connectivity index (χ0v) is 12.3. The Morgan fingerprint density at radius 3 is 2.55 bits per heavy atom. The summed E-state index contributed by atoms with van der Waals surface area (Å²) in [5.74, 6) is -1.43. The summed E-state index contributed by atoms with van der Waals surface area (Å²) >= 11 is 3.21. The Labute approximate surface area is 124 Å². The number of hydrogen-bond donors (Lipinski definition) is 2. The summed E-state index contributed by atoms with van der Waals surface area (Å²) in [6.07, 6.45) is 0. The summed E-state index contributed by atoms with van der Waals surface area (Å²) in [5.41, 5.74) is 1.77. The number of aryl methyl sites for hydroxylation is 1. The first-order valence-electron chi connectivity index (χ1n) is 5.88. The van der Waals surface area contributed by atoms with E-state index in [0.29, 0.717) is 10.0 Å². The Kier molecular flexibility index (Phi) is 4.20. The fourth-order valence-corrected chi connectivity index (χ4v) is 2.14. The first kappa shape index (κ1) is 14.3. The molecule has 1 amide bonds. The van der Waals surface area contributed by atoms with Crippen LogP contribution in [0.5, 0.6) is 0 Å². The number of aromatic carboxylic acids is 1. The van der Waals surface area contributed by atoms with Gasteiger partial charge in [-0.05, 0) is 37.3 Å². The molecule has 0 saturated heterocycles. The predicted molar refractivity (Wildman–Crippen MR) is 80.2 cm³/mol. The lowest BCUT2D eigenvalue weighted by molar-refractivity contribution is 0.0698. The Balaban J connectivity index is 2.30. The van der Waals surface area contributed by atoms with Gasteiger partial charge in [-0.25, -0.2) is 4.79 Å². The summed E-state index contributed by atoms with van der Waals surface area (Å²) in [7, 11) is 0. The highest BCUT2D eigenvalue weighted by Crippen LogP contribution is 2.22. The van der Waals surface area contributed by atoms with Gasteiger partial charge >= 0.3 is 5.97 Å². The molecule has 2 aromatic rings. The van der Waals surface area contributed by atoms with Gasteiger partial charge in [-0.2, -0.15) is 0 Å². The maximum absolute atomic E-state index is 12.1. The number of rotatable bonds is 3. The van der Waals surface area contributed by atoms with Crippen LogP contribution in [0.1, 0.15) is 26.3 Å². The van der Waals surface area contributed by atoms with E-state index in [1.807, 2.05) is 13.0 Å². The van der Waals surface area contributed by atoms with Gasteiger partial charge in [0, 0.05) is 10.0 Å². The van der Waals surface area contributed by atoms with Gasteiger partial charge in [0.1, 0.15) is 0 Å². The van der Waals surface area contributed by atoms with Gasteiger partial charge in [0.05, 0.1) is 11.3 Å². The topological polar surface area (TPSA) is 66.4 Å². The highest BCUT2D eigenvalue weighted by atomic mass is 79.9. The molecule has 0 aliphatic heterocycles. The molecular weight excluding hydrogens is 322 g/mol. The van der Waals surface area contributed by atoms with E-state index in [1.165, 1.54) is 6.07 Å². The molecule has 0 unspecified atom stereocenters. The zero-order chi connectivity index (χ0) is 14.7. The smallest absolute Gasteiger partial charge is 0.337 e. The summed E-state index contributed by atoms with van der Waals surface area (Å²) in [6.45, 7) is 1.89. The van der Waals surface area contributed by atoms with Gasteiger partial charge < -0.3 is 10.4 Å². The third kappa shape index (κ3) is 3.24. The van der Waals surface area contributed by atoms with E-state index in [2.05, 4.69) is 21.2 Å². The van der Waals surface area contributed by atoms with Crippen molar-refractivity contribution in [1.82, 2.24) is 0 Å². The van der Waals surface area contributed by atoms with Crippen molar-refractivity contribution in [3.05, 3.63) is 63.6 Å². The first-order chi connectivity index (χ1) is 9.47. The number of halogens is 1. The number of carbonyl (C=O) groups excluding carboxylic acids is 1. The van der Waals surface area contributed by atoms with Crippen molar-refractivity contribution < 1.29 is 14.7 Å². The van der Waals surface area contributed by atoms with Gasteiger partial charge in [0.25, 0.3) is 5.91 Å². The molecule has 0 aromatic heterocycles. The molecular formula is C15H12BrNO3. The minimum absolute atomic E-state index is 0.0420. The molecule has 20 heavy (non-hydrogen) atoms. The normalized spacial score (nSPS) is 10.1. The molecule has 2 rings (SSSR count). The van der Waals surface area contributed by atoms with Gasteiger partial charge in [-0.15, -0.1) is 0 Å². The molecule has 0 spiro atoms. The van der Waals surface area contributed by atoms with Crippen LogP contribution >= 0.6 is 15.9 Å². The average Bonchev–Trinajstić information content (AvgIpc) is 2.40. The van der Waals surface area contributed by atoms with Crippen molar-refractivity contribution in [2.45, 2.75) is 6.92 Å². The van der Waals surface area contributed by atoms with Crippen LogP contribution < -0.4 is 5.32 Å². The number of carboxylic acids is 1. The molecule has 0 heterocycles. The third-order valence-electron chi connectivity index (χ3n) is 2.74. The highest BCUT2D eigenvalue weighted by Gasteiger charge is 2.14. The first-order valence-corrected chi connectivity index (χ1v) is 6.67. The largest absolute Gasteiger partial charge is 0.478 e. The predicted octanol–water partition coefficient (Wildman–Crippen LogP) is 3.71. The second-order valence-corrected chi connectivity index (χ2v) is 5.23. The standard InChI is InChI=1S/C15H12BrNO3/c1-9-3-2-4-10(7-9)14(18)17-13-6-5-11(16)8-12(13)15(19)20/h2-8H,1H3,(H,17,18)(H,19,20). The average molecular weight is 334 g/mol. The van der Waals surface area contributed by atoms with E-state index >= 15 is 0 Å². The molecule has 0 radical (unpaired) electrons. The molecule has 2 N–H and O–H groups in total. The lowest BCUT2D eigenvalue weighted by atomic mass is 10.1. The van der Waals surface area contributed by atoms with E-state index in [9.17, 15) is 9.59 Å². The lowest BCUT2D eigenvalue weighted by Crippen LogP contribution is -2.14. The number of carbonyl (C=O) groups is 2. The lowest BCUT2D eigenvalue weighted by Gasteiger charge is -2.09. The Hall–Kier alpha value is -2.14. The quantitative estimate of drug-likeness (QED) is 0.899. The van der Waals surface area contributed by atoms with Crippen LogP contribution in [0.3, 0.4) is 0 Å². The summed E-state index contributed by atoms with van der Waals surface area (Å²) in [5, 5.41) is 11.8. The second kappa shape index (κ2) is 5.88. The van der Waals surface area contributed by atoms with Crippen molar-refractivity contribution in [1.29, 1.82) is 0 Å². The van der Waals surface area contributed by atoms with Crippen molar-refractivity contribution >= 4 is 33.5 Å². The van der Waals surface area contributed by atoms with Gasteiger partial charge in [-0.1, -0.05) is 33.6 Å². The van der Waals surface area contributed by atoms with Gasteiger partial charge in [0.15, 0.2) is 0 Å². The third-order valence-corrected chi connectivity index (χ3v) is 3.23. The number of benzene rings is 2. The second-order valence-electron chi connectivity index (χ2n) is 4.32. The fourth-order valence-electron chi connectivity index (χ4n) is 1.78. The molecule has 0 aliphatic carbocycles. The number of hydrogen-bond acceptors (Lipinski definition) is 2. The minimum atomic E-state index is -1.09. The molecule has 0 aliphatic rings. The molecule has 102 valence electrons. The van der Waals surface area contributed by atoms with Crippen LogP contribution in [0, 0.1) is 6.92 Å². The number of carboxylic acid groups (broad SMARTS) is 1. The summed E-state index contributed by atoms with van der Waals surface area (Å²) in [6, 6.07) is 11.8. The minimum Gasteiger partial charge on any atom is -0.478 e. The molecule has 4 nitrogen and oxygen atoms in total. The maximum atomic E-state index is 12.1. The Morgan fingerprint density at radius 1 is 1.15 bits per heavy atom. The van der Waals surface area contributed by atoms with E-state index in [4.69, 9.17) is 5.11 Å².